The van der Waals surface area contributed by atoms with Crippen LogP contribution in [0.4, 0.5) is 24.7 Å². The van der Waals surface area contributed by atoms with Gasteiger partial charge in [-0.3, -0.25) is 4.79 Å². The quantitative estimate of drug-likeness (QED) is 0.557. The van der Waals surface area contributed by atoms with Crippen LogP contribution >= 0.6 is 11.8 Å². The molecule has 3 aromatic rings. The third-order valence-electron chi connectivity index (χ3n) is 4.68. The number of carbonyl (C=O) groups is 1. The highest BCUT2D eigenvalue weighted by molar-refractivity contribution is 8.00. The van der Waals surface area contributed by atoms with Crippen molar-refractivity contribution in [2.75, 3.05) is 23.3 Å². The Morgan fingerprint density at radius 2 is 1.94 bits per heavy atom. The molecule has 1 aliphatic heterocycles. The fourth-order valence-corrected chi connectivity index (χ4v) is 3.73. The van der Waals surface area contributed by atoms with Gasteiger partial charge >= 0.3 is 5.51 Å². The third kappa shape index (κ3) is 5.32. The summed E-state index contributed by atoms with van der Waals surface area (Å²) in [7, 11) is 0. The highest BCUT2D eigenvalue weighted by Gasteiger charge is 2.30. The van der Waals surface area contributed by atoms with Crippen LogP contribution in [0.2, 0.25) is 0 Å². The number of amides is 1. The minimum absolute atomic E-state index is 0.222. The number of hydrogen-bond acceptors (Lipinski definition) is 8. The number of aliphatic hydroxyl groups is 1. The molecule has 0 spiro atoms. The normalized spacial score (nSPS) is 16.2. The van der Waals surface area contributed by atoms with Crippen molar-refractivity contribution in [1.29, 1.82) is 0 Å². The first-order valence-electron chi connectivity index (χ1n) is 9.50. The number of aromatic nitrogens is 4. The van der Waals surface area contributed by atoms with Gasteiger partial charge in [-0.2, -0.15) is 13.2 Å². The van der Waals surface area contributed by atoms with E-state index >= 15 is 0 Å². The molecule has 1 unspecified atom stereocenters. The topological polar surface area (TPSA) is 104 Å². The van der Waals surface area contributed by atoms with E-state index in [0.29, 0.717) is 36.5 Å². The van der Waals surface area contributed by atoms with Gasteiger partial charge in [0.05, 0.1) is 23.6 Å². The van der Waals surface area contributed by atoms with Crippen molar-refractivity contribution in [2.45, 2.75) is 23.1 Å². The van der Waals surface area contributed by atoms with Crippen LogP contribution in [0.15, 0.2) is 54.3 Å². The van der Waals surface area contributed by atoms with Gasteiger partial charge in [-0.25, -0.2) is 19.9 Å². The average Bonchev–Trinajstić information content (AvgIpc) is 3.20. The van der Waals surface area contributed by atoms with Gasteiger partial charge in [-0.15, -0.1) is 0 Å². The average molecular weight is 462 g/mol. The maximum absolute atomic E-state index is 12.7. The summed E-state index contributed by atoms with van der Waals surface area (Å²) in [5, 5.41) is 12.3. The number of nitrogens with one attached hydrogen (secondary N) is 1. The van der Waals surface area contributed by atoms with E-state index in [2.05, 4.69) is 25.3 Å². The van der Waals surface area contributed by atoms with E-state index in [4.69, 9.17) is 0 Å². The van der Waals surface area contributed by atoms with E-state index in [1.807, 2.05) is 4.90 Å². The summed E-state index contributed by atoms with van der Waals surface area (Å²) in [5.74, 6) is 0.102. The summed E-state index contributed by atoms with van der Waals surface area (Å²) in [4.78, 5) is 30.9. The molecule has 2 N–H and O–H groups in total. The van der Waals surface area contributed by atoms with Crippen LogP contribution < -0.4 is 10.2 Å². The van der Waals surface area contributed by atoms with E-state index in [9.17, 15) is 23.1 Å². The molecule has 0 saturated carbocycles. The molecular formula is C20H17F3N6O2S. The van der Waals surface area contributed by atoms with E-state index in [1.165, 1.54) is 24.7 Å². The third-order valence-corrected chi connectivity index (χ3v) is 5.36. The number of carbonyl (C=O) groups excluding carboxylic acids is 1. The molecule has 1 atom stereocenters. The highest BCUT2D eigenvalue weighted by Crippen LogP contribution is 2.36. The first-order valence-corrected chi connectivity index (χ1v) is 10.3. The van der Waals surface area contributed by atoms with Crippen LogP contribution in [0, 0.1) is 0 Å². The molecule has 8 nitrogen and oxygen atoms in total. The molecule has 4 rings (SSSR count). The molecule has 0 radical (unpaired) electrons. The maximum Gasteiger partial charge on any atom is 0.447 e. The van der Waals surface area contributed by atoms with Gasteiger partial charge in [0.1, 0.15) is 17.2 Å². The van der Waals surface area contributed by atoms with Crippen molar-refractivity contribution in [3.05, 3.63) is 54.9 Å². The molecule has 1 aliphatic rings. The summed E-state index contributed by atoms with van der Waals surface area (Å²) in [6.07, 6.45) is 7.32. The SMILES string of the molecule is O=C(Nc1ccc(SC(F)(F)F)nc1)c1cnc(N2CCC(O)C2)c(-c2cncnc2)c1. The number of rotatable bonds is 5. The molecule has 12 heteroatoms. The van der Waals surface area contributed by atoms with Crippen LogP contribution in [0.3, 0.4) is 0 Å². The fourth-order valence-electron chi connectivity index (χ4n) is 3.25. The monoisotopic (exact) mass is 462 g/mol. The second kappa shape index (κ2) is 9.09. The number of pyridine rings is 2. The number of nitrogens with zero attached hydrogens (tertiary/aromatic N) is 5. The molecule has 166 valence electrons. The Labute approximate surface area is 184 Å². The number of aliphatic hydroxyl groups excluding tert-OH is 1. The van der Waals surface area contributed by atoms with Gasteiger partial charge in [0.15, 0.2) is 0 Å². The van der Waals surface area contributed by atoms with E-state index < -0.39 is 17.5 Å². The molecular weight excluding hydrogens is 445 g/mol. The maximum atomic E-state index is 12.7. The van der Waals surface area contributed by atoms with Crippen molar-refractivity contribution < 1.29 is 23.1 Å². The Balaban J connectivity index is 1.57. The zero-order valence-corrected chi connectivity index (χ0v) is 17.3. The van der Waals surface area contributed by atoms with Crippen LogP contribution in [0.25, 0.3) is 11.1 Å². The highest BCUT2D eigenvalue weighted by atomic mass is 32.2. The van der Waals surface area contributed by atoms with E-state index in [-0.39, 0.29) is 28.0 Å². The number of alkyl halides is 3. The second-order valence-corrected chi connectivity index (χ2v) is 8.08. The van der Waals surface area contributed by atoms with Gasteiger partial charge in [0, 0.05) is 54.6 Å². The molecule has 0 bridgehead atoms. The van der Waals surface area contributed by atoms with Gasteiger partial charge in [-0.05, 0) is 24.6 Å². The summed E-state index contributed by atoms with van der Waals surface area (Å²) >= 11 is -0.330. The first-order chi connectivity index (χ1) is 15.3. The lowest BCUT2D eigenvalue weighted by Crippen LogP contribution is -2.23. The lowest BCUT2D eigenvalue weighted by Gasteiger charge is -2.20. The molecule has 0 aliphatic carbocycles. The molecule has 32 heavy (non-hydrogen) atoms. The molecule has 4 heterocycles. The van der Waals surface area contributed by atoms with Gasteiger partial charge < -0.3 is 15.3 Å². The minimum atomic E-state index is -4.44. The summed E-state index contributed by atoms with van der Waals surface area (Å²) in [6.45, 7) is 1.04. The Morgan fingerprint density at radius 1 is 1.16 bits per heavy atom. The van der Waals surface area contributed by atoms with Gasteiger partial charge in [-0.1, -0.05) is 0 Å². The van der Waals surface area contributed by atoms with Crippen LogP contribution in [-0.2, 0) is 0 Å². The molecule has 3 aromatic heterocycles. The number of anilines is 2. The summed E-state index contributed by atoms with van der Waals surface area (Å²) in [5.41, 5.74) is -2.67. The fraction of sp³-hybridized carbons (Fsp3) is 0.250. The van der Waals surface area contributed by atoms with Crippen molar-refractivity contribution >= 4 is 29.2 Å². The zero-order chi connectivity index (χ0) is 22.7. The predicted molar refractivity (Wildman–Crippen MR) is 112 cm³/mol. The van der Waals surface area contributed by atoms with E-state index in [0.717, 1.165) is 6.20 Å². The standard InChI is InChI=1S/C20H17F3N6O2S/c21-20(22,23)32-17-2-1-14(9-26-17)28-19(31)12-5-16(13-6-24-11-25-7-13)18(27-8-12)29-4-3-15(30)10-29/h1-2,5-9,11,15,30H,3-4,10H2,(H,28,31). The Hall–Kier alpha value is -3.25. The summed E-state index contributed by atoms with van der Waals surface area (Å²) < 4.78 is 37.3. The van der Waals surface area contributed by atoms with Gasteiger partial charge in [0.25, 0.3) is 5.91 Å². The number of thioether (sulfide) groups is 1. The smallest absolute Gasteiger partial charge is 0.391 e. The number of halogens is 3. The van der Waals surface area contributed by atoms with Crippen LogP contribution in [0.5, 0.6) is 0 Å². The number of hydrogen-bond donors (Lipinski definition) is 2. The predicted octanol–water partition coefficient (Wildman–Crippen LogP) is 3.37. The summed E-state index contributed by atoms with van der Waals surface area (Å²) in [6, 6.07) is 4.17. The van der Waals surface area contributed by atoms with Crippen molar-refractivity contribution in [2.24, 2.45) is 0 Å². The Bertz CT molecular complexity index is 1100. The van der Waals surface area contributed by atoms with Crippen molar-refractivity contribution in [1.82, 2.24) is 19.9 Å². The Morgan fingerprint density at radius 3 is 2.56 bits per heavy atom. The molecule has 0 aromatic carbocycles. The van der Waals surface area contributed by atoms with Crippen LogP contribution in [-0.4, -0.2) is 55.7 Å². The first kappa shape index (κ1) is 22.0. The molecule has 1 saturated heterocycles. The minimum Gasteiger partial charge on any atom is -0.391 e. The Kier molecular flexibility index (Phi) is 6.24. The lowest BCUT2D eigenvalue weighted by molar-refractivity contribution is -0.0329. The zero-order valence-electron chi connectivity index (χ0n) is 16.5. The lowest BCUT2D eigenvalue weighted by atomic mass is 10.1. The number of β-amino-alcohol motifs (C(OH)–C–C–N with tert-alkyl or cyclic N) is 1. The van der Waals surface area contributed by atoms with Crippen LogP contribution in [0.1, 0.15) is 16.8 Å². The van der Waals surface area contributed by atoms with Crippen molar-refractivity contribution in [3.8, 4) is 11.1 Å². The molecule has 1 amide bonds. The van der Waals surface area contributed by atoms with E-state index in [1.54, 1.807) is 18.5 Å². The molecule has 1 fully saturated rings. The second-order valence-electron chi connectivity index (χ2n) is 7.00. The van der Waals surface area contributed by atoms with Gasteiger partial charge in [0.2, 0.25) is 0 Å². The largest absolute Gasteiger partial charge is 0.447 e. The van der Waals surface area contributed by atoms with Crippen molar-refractivity contribution in [3.63, 3.8) is 0 Å².